The Morgan fingerprint density at radius 3 is 2.50 bits per heavy atom. The number of benzene rings is 1. The second-order valence-corrected chi connectivity index (χ2v) is 4.23. The Balaban J connectivity index is 2.25. The molecule has 0 aliphatic heterocycles. The van der Waals surface area contributed by atoms with Crippen LogP contribution in [0.1, 0.15) is 5.56 Å². The van der Waals surface area contributed by atoms with Gasteiger partial charge in [-0.1, -0.05) is 23.7 Å². The van der Waals surface area contributed by atoms with E-state index in [2.05, 4.69) is 15.6 Å². The predicted molar refractivity (Wildman–Crippen MR) is 76.4 cm³/mol. The first kappa shape index (κ1) is 14.8. The molecule has 0 bridgehead atoms. The Morgan fingerprint density at radius 2 is 1.89 bits per heavy atom. The lowest BCUT2D eigenvalue weighted by molar-refractivity contribution is 0.203. The molecule has 0 saturated carbocycles. The van der Waals surface area contributed by atoms with Crippen LogP contribution in [0.4, 0.5) is 0 Å². The monoisotopic (exact) mass is 269 g/mol. The largest absolute Gasteiger partial charge is 0.383 e. The third-order valence-electron chi connectivity index (χ3n) is 2.44. The van der Waals surface area contributed by atoms with Crippen LogP contribution in [-0.4, -0.2) is 39.8 Å². The molecule has 1 aromatic rings. The van der Waals surface area contributed by atoms with E-state index in [1.807, 2.05) is 24.3 Å². The third kappa shape index (κ3) is 5.89. The molecule has 0 aromatic heterocycles. The molecule has 0 spiro atoms. The second-order valence-electron chi connectivity index (χ2n) is 3.80. The van der Waals surface area contributed by atoms with Crippen LogP contribution < -0.4 is 10.6 Å². The summed E-state index contributed by atoms with van der Waals surface area (Å²) in [6, 6.07) is 7.88. The summed E-state index contributed by atoms with van der Waals surface area (Å²) in [6.07, 6.45) is 0.933. The molecule has 0 saturated heterocycles. The Labute approximate surface area is 113 Å². The van der Waals surface area contributed by atoms with Gasteiger partial charge in [-0.15, -0.1) is 0 Å². The molecule has 0 atom stereocenters. The van der Waals surface area contributed by atoms with Crippen LogP contribution in [0.2, 0.25) is 5.02 Å². The molecule has 0 unspecified atom stereocenters. The van der Waals surface area contributed by atoms with Crippen LogP contribution >= 0.6 is 11.6 Å². The van der Waals surface area contributed by atoms with Crippen LogP contribution in [0, 0.1) is 0 Å². The maximum Gasteiger partial charge on any atom is 0.191 e. The van der Waals surface area contributed by atoms with Crippen molar-refractivity contribution in [3.63, 3.8) is 0 Å². The molecule has 1 aromatic carbocycles. The summed E-state index contributed by atoms with van der Waals surface area (Å²) in [4.78, 5) is 4.12. The fourth-order valence-corrected chi connectivity index (χ4v) is 1.59. The average molecular weight is 270 g/mol. The average Bonchev–Trinajstić information content (AvgIpc) is 2.39. The zero-order chi connectivity index (χ0) is 13.2. The molecule has 0 heterocycles. The van der Waals surface area contributed by atoms with Crippen molar-refractivity contribution < 1.29 is 4.74 Å². The molecule has 2 N–H and O–H groups in total. The predicted octanol–water partition coefficient (Wildman–Crippen LogP) is 1.69. The highest BCUT2D eigenvalue weighted by molar-refractivity contribution is 6.30. The minimum Gasteiger partial charge on any atom is -0.383 e. The van der Waals surface area contributed by atoms with Crippen LogP contribution in [0.15, 0.2) is 29.3 Å². The van der Waals surface area contributed by atoms with Crippen molar-refractivity contribution in [3.8, 4) is 0 Å². The van der Waals surface area contributed by atoms with Crippen molar-refractivity contribution in [3.05, 3.63) is 34.9 Å². The number of nitrogens with one attached hydrogen (secondary N) is 2. The molecule has 100 valence electrons. The van der Waals surface area contributed by atoms with Gasteiger partial charge in [0.15, 0.2) is 5.96 Å². The zero-order valence-corrected chi connectivity index (χ0v) is 11.6. The van der Waals surface area contributed by atoms with Gasteiger partial charge in [0, 0.05) is 32.3 Å². The number of halogens is 1. The SMILES string of the molecule is CN=C(NCCOC)NCCc1ccc(Cl)cc1. The highest BCUT2D eigenvalue weighted by Crippen LogP contribution is 2.09. The second kappa shape index (κ2) is 8.78. The van der Waals surface area contributed by atoms with Gasteiger partial charge in [0.05, 0.1) is 6.61 Å². The van der Waals surface area contributed by atoms with Gasteiger partial charge in [-0.25, -0.2) is 0 Å². The molecule has 0 aliphatic carbocycles. The summed E-state index contributed by atoms with van der Waals surface area (Å²) in [5.41, 5.74) is 1.25. The summed E-state index contributed by atoms with van der Waals surface area (Å²) in [5.74, 6) is 0.793. The van der Waals surface area contributed by atoms with Gasteiger partial charge in [-0.2, -0.15) is 0 Å². The Hall–Kier alpha value is -1.26. The molecule has 0 radical (unpaired) electrons. The van der Waals surface area contributed by atoms with E-state index in [1.165, 1.54) is 5.56 Å². The first-order valence-electron chi connectivity index (χ1n) is 5.94. The van der Waals surface area contributed by atoms with Crippen LogP contribution in [0.5, 0.6) is 0 Å². The number of hydrogen-bond donors (Lipinski definition) is 2. The summed E-state index contributed by atoms with van der Waals surface area (Å²) >= 11 is 5.83. The molecular weight excluding hydrogens is 250 g/mol. The number of rotatable bonds is 6. The number of aliphatic imine (C=N–C) groups is 1. The Kier molecular flexibility index (Phi) is 7.22. The molecule has 4 nitrogen and oxygen atoms in total. The van der Waals surface area contributed by atoms with E-state index >= 15 is 0 Å². The van der Waals surface area contributed by atoms with Crippen molar-refractivity contribution in [1.82, 2.24) is 10.6 Å². The van der Waals surface area contributed by atoms with E-state index < -0.39 is 0 Å². The smallest absolute Gasteiger partial charge is 0.191 e. The van der Waals surface area contributed by atoms with E-state index in [0.29, 0.717) is 6.61 Å². The Morgan fingerprint density at radius 1 is 1.22 bits per heavy atom. The molecule has 18 heavy (non-hydrogen) atoms. The minimum absolute atomic E-state index is 0.665. The standard InChI is InChI=1S/C13H20ClN3O/c1-15-13(17-9-10-18-2)16-8-7-11-3-5-12(14)6-4-11/h3-6H,7-10H2,1-2H3,(H2,15,16,17). The van der Waals surface area contributed by atoms with Gasteiger partial charge < -0.3 is 15.4 Å². The van der Waals surface area contributed by atoms with Gasteiger partial charge in [0.1, 0.15) is 0 Å². The summed E-state index contributed by atoms with van der Waals surface area (Å²) in [6.45, 7) is 2.24. The normalized spacial score (nSPS) is 11.4. The van der Waals surface area contributed by atoms with Crippen molar-refractivity contribution in [1.29, 1.82) is 0 Å². The van der Waals surface area contributed by atoms with Crippen LogP contribution in [0.3, 0.4) is 0 Å². The number of nitrogens with zero attached hydrogens (tertiary/aromatic N) is 1. The van der Waals surface area contributed by atoms with E-state index in [4.69, 9.17) is 16.3 Å². The summed E-state index contributed by atoms with van der Waals surface area (Å²) < 4.78 is 4.96. The van der Waals surface area contributed by atoms with E-state index in [9.17, 15) is 0 Å². The quantitative estimate of drug-likeness (QED) is 0.469. The summed E-state index contributed by atoms with van der Waals surface area (Å²) in [5, 5.41) is 7.17. The molecule has 0 aliphatic rings. The molecule has 5 heteroatoms. The number of hydrogen-bond acceptors (Lipinski definition) is 2. The van der Waals surface area contributed by atoms with Crippen LogP contribution in [0.25, 0.3) is 0 Å². The first-order chi connectivity index (χ1) is 8.76. The third-order valence-corrected chi connectivity index (χ3v) is 2.69. The van der Waals surface area contributed by atoms with Crippen molar-refractivity contribution in [2.45, 2.75) is 6.42 Å². The number of methoxy groups -OCH3 is 1. The van der Waals surface area contributed by atoms with E-state index in [0.717, 1.165) is 30.5 Å². The topological polar surface area (TPSA) is 45.7 Å². The van der Waals surface area contributed by atoms with E-state index in [1.54, 1.807) is 14.2 Å². The molecule has 0 fully saturated rings. The van der Waals surface area contributed by atoms with Gasteiger partial charge in [0.25, 0.3) is 0 Å². The summed E-state index contributed by atoms with van der Waals surface area (Å²) in [7, 11) is 3.43. The van der Waals surface area contributed by atoms with Gasteiger partial charge in [-0.3, -0.25) is 4.99 Å². The van der Waals surface area contributed by atoms with Gasteiger partial charge in [-0.05, 0) is 24.1 Å². The Bertz CT molecular complexity index is 365. The highest BCUT2D eigenvalue weighted by Gasteiger charge is 1.97. The number of ether oxygens (including phenoxy) is 1. The van der Waals surface area contributed by atoms with Gasteiger partial charge in [0.2, 0.25) is 0 Å². The molecule has 0 amide bonds. The minimum atomic E-state index is 0.665. The highest BCUT2D eigenvalue weighted by atomic mass is 35.5. The van der Waals surface area contributed by atoms with E-state index in [-0.39, 0.29) is 0 Å². The van der Waals surface area contributed by atoms with Crippen molar-refractivity contribution >= 4 is 17.6 Å². The van der Waals surface area contributed by atoms with Gasteiger partial charge >= 0.3 is 0 Å². The number of guanidine groups is 1. The fourth-order valence-electron chi connectivity index (χ4n) is 1.47. The maximum atomic E-state index is 5.83. The first-order valence-corrected chi connectivity index (χ1v) is 6.32. The lowest BCUT2D eigenvalue weighted by Crippen LogP contribution is -2.39. The maximum absolute atomic E-state index is 5.83. The molecule has 1 rings (SSSR count). The lowest BCUT2D eigenvalue weighted by Gasteiger charge is -2.11. The zero-order valence-electron chi connectivity index (χ0n) is 10.9. The fraction of sp³-hybridized carbons (Fsp3) is 0.462. The van der Waals surface area contributed by atoms with Crippen LogP contribution in [-0.2, 0) is 11.2 Å². The van der Waals surface area contributed by atoms with Crippen molar-refractivity contribution in [2.75, 3.05) is 33.9 Å². The molecular formula is C13H20ClN3O. The lowest BCUT2D eigenvalue weighted by atomic mass is 10.1. The van der Waals surface area contributed by atoms with Crippen molar-refractivity contribution in [2.24, 2.45) is 4.99 Å².